The molecule has 3 aromatic carbocycles. The highest BCUT2D eigenvalue weighted by molar-refractivity contribution is 5.83. The molecule has 0 atom stereocenters. The first kappa shape index (κ1) is 20.4. The summed E-state index contributed by atoms with van der Waals surface area (Å²) in [7, 11) is 0. The second kappa shape index (κ2) is 8.36. The van der Waals surface area contributed by atoms with Gasteiger partial charge in [0.1, 0.15) is 11.6 Å². The number of nitrogens with zero attached hydrogens (tertiary/aromatic N) is 4. The van der Waals surface area contributed by atoms with Crippen LogP contribution in [0.1, 0.15) is 0 Å². The Bertz CT molecular complexity index is 1680. The maximum atomic E-state index is 5.07. The summed E-state index contributed by atoms with van der Waals surface area (Å²) in [6.07, 6.45) is 4.15. The lowest BCUT2D eigenvalue weighted by molar-refractivity contribution is 1.15. The Hall–Kier alpha value is -4.96. The minimum absolute atomic E-state index is 0.925. The normalized spacial score (nSPS) is 11.3. The number of rotatable bonds is 4. The zero-order valence-corrected chi connectivity index (χ0v) is 19.5. The van der Waals surface area contributed by atoms with Gasteiger partial charge in [0.2, 0.25) is 0 Å². The van der Waals surface area contributed by atoms with Crippen LogP contribution >= 0.6 is 0 Å². The molecule has 7 rings (SSSR count). The number of aromatic nitrogens is 4. The summed E-state index contributed by atoms with van der Waals surface area (Å²) in [6.45, 7) is 0. The van der Waals surface area contributed by atoms with Crippen molar-refractivity contribution in [2.75, 3.05) is 0 Å². The molecule has 36 heavy (non-hydrogen) atoms. The van der Waals surface area contributed by atoms with Gasteiger partial charge in [0.15, 0.2) is 0 Å². The molecule has 170 valence electrons. The van der Waals surface area contributed by atoms with Gasteiger partial charge in [-0.25, -0.2) is 9.97 Å². The molecule has 0 aliphatic carbocycles. The highest BCUT2D eigenvalue weighted by Crippen LogP contribution is 2.33. The fourth-order valence-corrected chi connectivity index (χ4v) is 4.87. The quantitative estimate of drug-likeness (QED) is 0.269. The first-order valence-electron chi connectivity index (χ1n) is 12.0. The zero-order valence-electron chi connectivity index (χ0n) is 19.5. The van der Waals surface area contributed by atoms with Crippen molar-refractivity contribution in [2.24, 2.45) is 0 Å². The van der Waals surface area contributed by atoms with Crippen LogP contribution in [-0.2, 0) is 0 Å². The first-order valence-corrected chi connectivity index (χ1v) is 12.0. The van der Waals surface area contributed by atoms with Crippen LogP contribution in [0.2, 0.25) is 0 Å². The summed E-state index contributed by atoms with van der Waals surface area (Å²) in [4.78, 5) is 10.1. The minimum atomic E-state index is 0.925. The lowest BCUT2D eigenvalue weighted by Crippen LogP contribution is -1.91. The number of benzene rings is 3. The van der Waals surface area contributed by atoms with E-state index in [-0.39, 0.29) is 0 Å². The van der Waals surface area contributed by atoms with Crippen LogP contribution in [0.15, 0.2) is 134 Å². The van der Waals surface area contributed by atoms with Crippen molar-refractivity contribution in [1.29, 1.82) is 0 Å². The van der Waals surface area contributed by atoms with E-state index in [4.69, 9.17) is 9.97 Å². The van der Waals surface area contributed by atoms with Gasteiger partial charge in [-0.1, -0.05) is 97.1 Å². The van der Waals surface area contributed by atoms with Crippen molar-refractivity contribution in [3.8, 4) is 45.3 Å². The van der Waals surface area contributed by atoms with Gasteiger partial charge >= 0.3 is 0 Å². The fraction of sp³-hybridized carbons (Fsp3) is 0. The maximum absolute atomic E-state index is 5.07. The number of imidazole rings is 2. The Balaban J connectivity index is 1.34. The summed E-state index contributed by atoms with van der Waals surface area (Å²) < 4.78 is 4.32. The average Bonchev–Trinajstić information content (AvgIpc) is 3.54. The van der Waals surface area contributed by atoms with E-state index in [1.165, 1.54) is 0 Å². The fourth-order valence-electron chi connectivity index (χ4n) is 4.87. The SMILES string of the molecule is c1ccc(-c2nc(-c3ccc(-c4nc(-c5ccccc5)c5ccccn45)cc3)n3ccccc23)cc1. The lowest BCUT2D eigenvalue weighted by Gasteiger charge is -2.04. The van der Waals surface area contributed by atoms with Gasteiger partial charge in [-0.2, -0.15) is 0 Å². The largest absolute Gasteiger partial charge is 0.299 e. The van der Waals surface area contributed by atoms with Crippen LogP contribution < -0.4 is 0 Å². The molecule has 4 heteroatoms. The van der Waals surface area contributed by atoms with Gasteiger partial charge in [-0.15, -0.1) is 0 Å². The molecule has 0 fully saturated rings. The molecule has 0 spiro atoms. The van der Waals surface area contributed by atoms with Gasteiger partial charge in [-0.3, -0.25) is 8.80 Å². The predicted molar refractivity (Wildman–Crippen MR) is 146 cm³/mol. The molecule has 0 aliphatic rings. The Labute approximate surface area is 208 Å². The topological polar surface area (TPSA) is 34.6 Å². The van der Waals surface area contributed by atoms with Crippen molar-refractivity contribution in [3.63, 3.8) is 0 Å². The predicted octanol–water partition coefficient (Wildman–Crippen LogP) is 7.65. The third-order valence-corrected chi connectivity index (χ3v) is 6.59. The van der Waals surface area contributed by atoms with E-state index in [1.54, 1.807) is 0 Å². The second-order valence-electron chi connectivity index (χ2n) is 8.79. The number of fused-ring (bicyclic) bond motifs is 2. The standard InChI is InChI=1S/C32H22N4/c1-3-11-23(12-4-1)29-27-15-7-9-21-35(27)31(33-29)25-17-19-26(20-18-25)32-34-30(24-13-5-2-6-14-24)28-16-8-10-22-36(28)32/h1-22H. The Morgan fingerprint density at radius 3 is 1.17 bits per heavy atom. The summed E-state index contributed by atoms with van der Waals surface area (Å²) in [5.74, 6) is 1.85. The van der Waals surface area contributed by atoms with Crippen LogP contribution in [-0.4, -0.2) is 18.8 Å². The Kier molecular flexibility index (Phi) is 4.74. The number of pyridine rings is 2. The van der Waals surface area contributed by atoms with Crippen molar-refractivity contribution in [3.05, 3.63) is 134 Å². The van der Waals surface area contributed by atoms with E-state index in [9.17, 15) is 0 Å². The highest BCUT2D eigenvalue weighted by atomic mass is 15.0. The monoisotopic (exact) mass is 462 g/mol. The molecule has 0 bridgehead atoms. The van der Waals surface area contributed by atoms with Gasteiger partial charge in [-0.05, 0) is 24.3 Å². The molecule has 4 nitrogen and oxygen atoms in total. The van der Waals surface area contributed by atoms with Crippen LogP contribution in [0.5, 0.6) is 0 Å². The van der Waals surface area contributed by atoms with Gasteiger partial charge in [0.05, 0.1) is 22.4 Å². The van der Waals surface area contributed by atoms with Crippen LogP contribution in [0.3, 0.4) is 0 Å². The molecule has 4 aromatic heterocycles. The molecule has 0 saturated carbocycles. The second-order valence-corrected chi connectivity index (χ2v) is 8.79. The van der Waals surface area contributed by atoms with E-state index in [2.05, 4.69) is 118 Å². The van der Waals surface area contributed by atoms with Crippen molar-refractivity contribution >= 4 is 11.0 Å². The Morgan fingerprint density at radius 1 is 0.361 bits per heavy atom. The average molecular weight is 463 g/mol. The van der Waals surface area contributed by atoms with Crippen molar-refractivity contribution < 1.29 is 0 Å². The molecule has 0 saturated heterocycles. The third kappa shape index (κ3) is 3.31. The van der Waals surface area contributed by atoms with Gasteiger partial charge in [0, 0.05) is 34.6 Å². The molecule has 0 amide bonds. The molecule has 0 unspecified atom stereocenters. The van der Waals surface area contributed by atoms with Gasteiger partial charge < -0.3 is 0 Å². The molecule has 7 aromatic rings. The first-order chi connectivity index (χ1) is 17.9. The number of hydrogen-bond donors (Lipinski definition) is 0. The molecule has 0 N–H and O–H groups in total. The Morgan fingerprint density at radius 2 is 0.750 bits per heavy atom. The maximum Gasteiger partial charge on any atom is 0.145 e. The summed E-state index contributed by atoms with van der Waals surface area (Å²) >= 11 is 0. The van der Waals surface area contributed by atoms with E-state index < -0.39 is 0 Å². The van der Waals surface area contributed by atoms with E-state index >= 15 is 0 Å². The van der Waals surface area contributed by atoms with Crippen molar-refractivity contribution in [2.45, 2.75) is 0 Å². The van der Waals surface area contributed by atoms with E-state index in [0.717, 1.165) is 56.3 Å². The summed E-state index contributed by atoms with van der Waals surface area (Å²) in [5, 5.41) is 0. The lowest BCUT2D eigenvalue weighted by atomic mass is 10.1. The van der Waals surface area contributed by atoms with Crippen LogP contribution in [0, 0.1) is 0 Å². The molecular weight excluding hydrogens is 440 g/mol. The van der Waals surface area contributed by atoms with Crippen molar-refractivity contribution in [1.82, 2.24) is 18.8 Å². The van der Waals surface area contributed by atoms with Crippen LogP contribution in [0.25, 0.3) is 56.3 Å². The van der Waals surface area contributed by atoms with E-state index in [1.807, 2.05) is 24.3 Å². The molecule has 0 aliphatic heterocycles. The van der Waals surface area contributed by atoms with Crippen LogP contribution in [0.4, 0.5) is 0 Å². The molecule has 4 heterocycles. The van der Waals surface area contributed by atoms with Gasteiger partial charge in [0.25, 0.3) is 0 Å². The van der Waals surface area contributed by atoms with E-state index in [0.29, 0.717) is 0 Å². The smallest absolute Gasteiger partial charge is 0.145 e. The number of hydrogen-bond acceptors (Lipinski definition) is 2. The highest BCUT2D eigenvalue weighted by Gasteiger charge is 2.16. The molecular formula is C32H22N4. The third-order valence-electron chi connectivity index (χ3n) is 6.59. The summed E-state index contributed by atoms with van der Waals surface area (Å²) in [6, 6.07) is 41.7. The molecule has 0 radical (unpaired) electrons. The summed E-state index contributed by atoms with van der Waals surface area (Å²) in [5.41, 5.74) is 8.51. The zero-order chi connectivity index (χ0) is 23.9. The minimum Gasteiger partial charge on any atom is -0.299 e.